The SMILES string of the molecule is CCNCc1cc(OCc2ccc(Br)cc2Cl)ccc1Br. The van der Waals surface area contributed by atoms with E-state index in [-0.39, 0.29) is 0 Å². The smallest absolute Gasteiger partial charge is 0.120 e. The second kappa shape index (κ2) is 8.18. The van der Waals surface area contributed by atoms with E-state index in [1.54, 1.807) is 0 Å². The van der Waals surface area contributed by atoms with E-state index in [0.29, 0.717) is 11.6 Å². The standard InChI is InChI=1S/C16H16Br2ClNO/c1-2-20-9-12-7-14(5-6-15(12)18)21-10-11-3-4-13(17)8-16(11)19/h3-8,20H,2,9-10H2,1H3. The fourth-order valence-electron chi connectivity index (χ4n) is 1.84. The van der Waals surface area contributed by atoms with Crippen molar-refractivity contribution in [3.8, 4) is 5.75 Å². The molecule has 0 saturated carbocycles. The summed E-state index contributed by atoms with van der Waals surface area (Å²) >= 11 is 13.1. The van der Waals surface area contributed by atoms with Gasteiger partial charge in [0.2, 0.25) is 0 Å². The van der Waals surface area contributed by atoms with Crippen molar-refractivity contribution in [2.45, 2.75) is 20.1 Å². The third-order valence-electron chi connectivity index (χ3n) is 2.99. The van der Waals surface area contributed by atoms with E-state index >= 15 is 0 Å². The number of rotatable bonds is 6. The fourth-order valence-corrected chi connectivity index (χ4v) is 2.95. The molecule has 0 aliphatic heterocycles. The third kappa shape index (κ3) is 4.99. The Morgan fingerprint density at radius 3 is 2.62 bits per heavy atom. The molecule has 2 aromatic carbocycles. The van der Waals surface area contributed by atoms with E-state index in [0.717, 1.165) is 33.3 Å². The molecule has 0 bridgehead atoms. The van der Waals surface area contributed by atoms with Gasteiger partial charge in [0.25, 0.3) is 0 Å². The molecule has 0 atom stereocenters. The average molecular weight is 434 g/mol. The van der Waals surface area contributed by atoms with Crippen molar-refractivity contribution in [3.05, 3.63) is 61.5 Å². The minimum Gasteiger partial charge on any atom is -0.489 e. The zero-order valence-corrected chi connectivity index (χ0v) is 15.6. The Kier molecular flexibility index (Phi) is 6.55. The number of halogens is 3. The van der Waals surface area contributed by atoms with E-state index in [1.165, 1.54) is 5.56 Å². The molecule has 0 saturated heterocycles. The first-order valence-corrected chi connectivity index (χ1v) is 8.62. The molecule has 2 nitrogen and oxygen atoms in total. The molecule has 1 N–H and O–H groups in total. The number of nitrogens with one attached hydrogen (secondary N) is 1. The van der Waals surface area contributed by atoms with Crippen LogP contribution < -0.4 is 10.1 Å². The molecule has 0 aliphatic rings. The Labute approximate surface area is 147 Å². The fraction of sp³-hybridized carbons (Fsp3) is 0.250. The maximum atomic E-state index is 6.19. The van der Waals surface area contributed by atoms with Crippen LogP contribution >= 0.6 is 43.5 Å². The van der Waals surface area contributed by atoms with Crippen LogP contribution in [0, 0.1) is 0 Å². The normalized spacial score (nSPS) is 10.7. The molecule has 2 rings (SSSR count). The molecule has 5 heteroatoms. The Morgan fingerprint density at radius 2 is 1.90 bits per heavy atom. The van der Waals surface area contributed by atoms with Crippen LogP contribution in [-0.2, 0) is 13.2 Å². The molecular formula is C16H16Br2ClNO. The molecule has 112 valence electrons. The highest BCUT2D eigenvalue weighted by Crippen LogP contribution is 2.25. The van der Waals surface area contributed by atoms with Crippen LogP contribution in [0.5, 0.6) is 5.75 Å². The summed E-state index contributed by atoms with van der Waals surface area (Å²) in [4.78, 5) is 0. The summed E-state index contributed by atoms with van der Waals surface area (Å²) in [6.07, 6.45) is 0. The third-order valence-corrected chi connectivity index (χ3v) is 4.61. The van der Waals surface area contributed by atoms with Gasteiger partial charge in [-0.25, -0.2) is 0 Å². The molecule has 0 aliphatic carbocycles. The Bertz CT molecular complexity index is 619. The Balaban J connectivity index is 2.05. The molecule has 0 amide bonds. The highest BCUT2D eigenvalue weighted by Gasteiger charge is 2.05. The zero-order valence-electron chi connectivity index (χ0n) is 11.6. The lowest BCUT2D eigenvalue weighted by atomic mass is 10.2. The van der Waals surface area contributed by atoms with Gasteiger partial charge in [0, 0.05) is 26.1 Å². The van der Waals surface area contributed by atoms with Crippen molar-refractivity contribution in [1.29, 1.82) is 0 Å². The lowest BCUT2D eigenvalue weighted by molar-refractivity contribution is 0.306. The molecule has 0 aromatic heterocycles. The Hall–Kier alpha value is -0.550. The monoisotopic (exact) mass is 431 g/mol. The maximum absolute atomic E-state index is 6.19. The van der Waals surface area contributed by atoms with E-state index in [9.17, 15) is 0 Å². The van der Waals surface area contributed by atoms with Crippen LogP contribution in [0.25, 0.3) is 0 Å². The first kappa shape index (κ1) is 16.8. The minimum absolute atomic E-state index is 0.453. The van der Waals surface area contributed by atoms with Crippen molar-refractivity contribution < 1.29 is 4.74 Å². The highest BCUT2D eigenvalue weighted by atomic mass is 79.9. The van der Waals surface area contributed by atoms with Gasteiger partial charge >= 0.3 is 0 Å². The second-order valence-corrected chi connectivity index (χ2v) is 6.74. The highest BCUT2D eigenvalue weighted by molar-refractivity contribution is 9.10. The first-order chi connectivity index (χ1) is 10.1. The van der Waals surface area contributed by atoms with Gasteiger partial charge in [-0.15, -0.1) is 0 Å². The van der Waals surface area contributed by atoms with Crippen LogP contribution in [0.4, 0.5) is 0 Å². The Morgan fingerprint density at radius 1 is 1.10 bits per heavy atom. The maximum Gasteiger partial charge on any atom is 0.120 e. The topological polar surface area (TPSA) is 21.3 Å². The second-order valence-electron chi connectivity index (χ2n) is 4.56. The molecular weight excluding hydrogens is 417 g/mol. The molecule has 0 spiro atoms. The minimum atomic E-state index is 0.453. The number of benzene rings is 2. The molecule has 0 radical (unpaired) electrons. The van der Waals surface area contributed by atoms with Crippen LogP contribution in [0.15, 0.2) is 45.3 Å². The van der Waals surface area contributed by atoms with Gasteiger partial charge in [-0.3, -0.25) is 0 Å². The van der Waals surface area contributed by atoms with Gasteiger partial charge in [0.1, 0.15) is 12.4 Å². The van der Waals surface area contributed by atoms with Crippen molar-refractivity contribution in [2.24, 2.45) is 0 Å². The van der Waals surface area contributed by atoms with Gasteiger partial charge in [-0.1, -0.05) is 56.5 Å². The van der Waals surface area contributed by atoms with Gasteiger partial charge in [0.05, 0.1) is 0 Å². The predicted octanol–water partition coefficient (Wildman–Crippen LogP) is 5.55. The van der Waals surface area contributed by atoms with E-state index in [4.69, 9.17) is 16.3 Å². The predicted molar refractivity (Wildman–Crippen MR) is 95.0 cm³/mol. The summed E-state index contributed by atoms with van der Waals surface area (Å²) in [7, 11) is 0. The first-order valence-electron chi connectivity index (χ1n) is 6.66. The molecule has 0 unspecified atom stereocenters. The molecule has 0 heterocycles. The summed E-state index contributed by atoms with van der Waals surface area (Å²) in [5, 5.41) is 4.01. The number of hydrogen-bond donors (Lipinski definition) is 1. The van der Waals surface area contributed by atoms with Crippen molar-refractivity contribution in [3.63, 3.8) is 0 Å². The summed E-state index contributed by atoms with van der Waals surface area (Å²) in [6.45, 7) is 4.29. The lowest BCUT2D eigenvalue weighted by Gasteiger charge is -2.11. The zero-order chi connectivity index (χ0) is 15.2. The van der Waals surface area contributed by atoms with Crippen molar-refractivity contribution in [1.82, 2.24) is 5.32 Å². The van der Waals surface area contributed by atoms with Crippen LogP contribution in [-0.4, -0.2) is 6.54 Å². The van der Waals surface area contributed by atoms with E-state index in [1.807, 2.05) is 36.4 Å². The van der Waals surface area contributed by atoms with Gasteiger partial charge in [-0.05, 0) is 42.4 Å². The number of ether oxygens (including phenoxy) is 1. The molecule has 0 fully saturated rings. The quantitative estimate of drug-likeness (QED) is 0.645. The summed E-state index contributed by atoms with van der Waals surface area (Å²) in [6, 6.07) is 11.8. The molecule has 2 aromatic rings. The van der Waals surface area contributed by atoms with Gasteiger partial charge in [-0.2, -0.15) is 0 Å². The van der Waals surface area contributed by atoms with Gasteiger partial charge < -0.3 is 10.1 Å². The van der Waals surface area contributed by atoms with E-state index in [2.05, 4.69) is 44.1 Å². The van der Waals surface area contributed by atoms with Crippen molar-refractivity contribution >= 4 is 43.5 Å². The lowest BCUT2D eigenvalue weighted by Crippen LogP contribution is -2.12. The number of hydrogen-bond acceptors (Lipinski definition) is 2. The largest absolute Gasteiger partial charge is 0.489 e. The average Bonchev–Trinajstić information content (AvgIpc) is 2.46. The van der Waals surface area contributed by atoms with Crippen LogP contribution in [0.3, 0.4) is 0 Å². The molecule has 21 heavy (non-hydrogen) atoms. The van der Waals surface area contributed by atoms with Crippen LogP contribution in [0.1, 0.15) is 18.1 Å². The van der Waals surface area contributed by atoms with Crippen molar-refractivity contribution in [2.75, 3.05) is 6.54 Å². The summed E-state index contributed by atoms with van der Waals surface area (Å²) < 4.78 is 7.89. The van der Waals surface area contributed by atoms with E-state index < -0.39 is 0 Å². The van der Waals surface area contributed by atoms with Crippen LogP contribution in [0.2, 0.25) is 5.02 Å². The van der Waals surface area contributed by atoms with Gasteiger partial charge in [0.15, 0.2) is 0 Å². The summed E-state index contributed by atoms with van der Waals surface area (Å²) in [5.41, 5.74) is 2.15. The summed E-state index contributed by atoms with van der Waals surface area (Å²) in [5.74, 6) is 0.838.